The number of methoxy groups -OCH3 is 1. The lowest BCUT2D eigenvalue weighted by Crippen LogP contribution is -2.35. The molecule has 0 fully saturated rings. The Hall–Kier alpha value is -2.54. The van der Waals surface area contributed by atoms with Gasteiger partial charge in [-0.05, 0) is 55.7 Å². The molecule has 1 amide bonds. The van der Waals surface area contributed by atoms with Crippen LogP contribution in [-0.2, 0) is 21.2 Å². The number of hydrogen-bond acceptors (Lipinski definition) is 4. The Labute approximate surface area is 147 Å². The average Bonchev–Trinajstić information content (AvgIpc) is 2.60. The molecule has 0 spiro atoms. The molecule has 1 aliphatic heterocycles. The third-order valence-corrected chi connectivity index (χ3v) is 5.57. The first-order valence-corrected chi connectivity index (χ1v) is 9.47. The number of benzene rings is 2. The number of carbonyl (C=O) groups excluding carboxylic acids is 1. The summed E-state index contributed by atoms with van der Waals surface area (Å²) in [4.78, 5) is 13.6. The molecular weight excluding hydrogens is 340 g/mol. The maximum atomic E-state index is 12.5. The van der Waals surface area contributed by atoms with E-state index >= 15 is 0 Å². The van der Waals surface area contributed by atoms with E-state index in [1.165, 1.54) is 7.11 Å². The lowest BCUT2D eigenvalue weighted by Gasteiger charge is -2.28. The number of hydrogen-bond donors (Lipinski definition) is 1. The molecule has 7 heteroatoms. The SMILES string of the molecule is COC(=O)N1CCCc2cc(NS(=O)(=O)c3ccc(C)cc3)ccc21. The predicted molar refractivity (Wildman–Crippen MR) is 96.5 cm³/mol. The Morgan fingerprint density at radius 1 is 1.16 bits per heavy atom. The topological polar surface area (TPSA) is 75.7 Å². The van der Waals surface area contributed by atoms with Gasteiger partial charge in [0, 0.05) is 12.2 Å². The van der Waals surface area contributed by atoms with Crippen LogP contribution in [0.4, 0.5) is 16.2 Å². The lowest BCUT2D eigenvalue weighted by molar-refractivity contribution is 0.178. The number of nitrogens with zero attached hydrogens (tertiary/aromatic N) is 1. The summed E-state index contributed by atoms with van der Waals surface area (Å²) in [5, 5.41) is 0. The van der Waals surface area contributed by atoms with Crippen LogP contribution in [-0.4, -0.2) is 28.2 Å². The number of rotatable bonds is 3. The van der Waals surface area contributed by atoms with Crippen LogP contribution in [0.15, 0.2) is 47.4 Å². The Bertz CT molecular complexity index is 892. The Balaban J connectivity index is 1.87. The number of carbonyl (C=O) groups is 1. The number of ether oxygens (including phenoxy) is 1. The van der Waals surface area contributed by atoms with Gasteiger partial charge in [0.05, 0.1) is 17.7 Å². The van der Waals surface area contributed by atoms with Crippen molar-refractivity contribution >= 4 is 27.5 Å². The second kappa shape index (κ2) is 6.76. The van der Waals surface area contributed by atoms with Gasteiger partial charge in [0.2, 0.25) is 0 Å². The van der Waals surface area contributed by atoms with Gasteiger partial charge in [-0.3, -0.25) is 9.62 Å². The lowest BCUT2D eigenvalue weighted by atomic mass is 10.0. The first kappa shape index (κ1) is 17.3. The van der Waals surface area contributed by atoms with E-state index in [2.05, 4.69) is 4.72 Å². The Morgan fingerprint density at radius 3 is 2.56 bits per heavy atom. The fourth-order valence-corrected chi connectivity index (χ4v) is 3.94. The molecule has 2 aromatic carbocycles. The molecule has 132 valence electrons. The van der Waals surface area contributed by atoms with Crippen LogP contribution in [0.3, 0.4) is 0 Å². The minimum Gasteiger partial charge on any atom is -0.452 e. The highest BCUT2D eigenvalue weighted by molar-refractivity contribution is 7.92. The zero-order valence-electron chi connectivity index (χ0n) is 14.2. The minimum absolute atomic E-state index is 0.215. The first-order chi connectivity index (χ1) is 11.9. The first-order valence-electron chi connectivity index (χ1n) is 7.98. The van der Waals surface area contributed by atoms with Gasteiger partial charge in [-0.15, -0.1) is 0 Å². The molecule has 3 rings (SSSR count). The molecule has 0 atom stereocenters. The molecule has 0 saturated heterocycles. The summed E-state index contributed by atoms with van der Waals surface area (Å²) >= 11 is 0. The molecular formula is C18H20N2O4S. The summed E-state index contributed by atoms with van der Waals surface area (Å²) in [7, 11) is -2.30. The molecule has 0 radical (unpaired) electrons. The number of fused-ring (bicyclic) bond motifs is 1. The van der Waals surface area contributed by atoms with Crippen LogP contribution in [0.5, 0.6) is 0 Å². The Kier molecular flexibility index (Phi) is 4.67. The summed E-state index contributed by atoms with van der Waals surface area (Å²) in [5.41, 5.74) is 3.15. The van der Waals surface area contributed by atoms with Crippen LogP contribution in [0, 0.1) is 6.92 Å². The summed E-state index contributed by atoms with van der Waals surface area (Å²) in [5.74, 6) is 0. The molecule has 1 N–H and O–H groups in total. The van der Waals surface area contributed by atoms with Crippen molar-refractivity contribution in [1.82, 2.24) is 0 Å². The number of amides is 1. The van der Waals surface area contributed by atoms with Gasteiger partial charge in [0.1, 0.15) is 0 Å². The fourth-order valence-electron chi connectivity index (χ4n) is 2.89. The molecule has 1 aliphatic rings. The molecule has 0 saturated carbocycles. The van der Waals surface area contributed by atoms with E-state index in [4.69, 9.17) is 4.74 Å². The number of aryl methyl sites for hydroxylation is 2. The van der Waals surface area contributed by atoms with Gasteiger partial charge in [0.15, 0.2) is 0 Å². The van der Waals surface area contributed by atoms with Crippen molar-refractivity contribution < 1.29 is 17.9 Å². The highest BCUT2D eigenvalue weighted by Gasteiger charge is 2.24. The molecule has 0 aliphatic carbocycles. The molecule has 0 bridgehead atoms. The normalized spacial score (nSPS) is 13.9. The zero-order valence-corrected chi connectivity index (χ0v) is 15.0. The van der Waals surface area contributed by atoms with E-state index in [-0.39, 0.29) is 4.90 Å². The molecule has 2 aromatic rings. The molecule has 1 heterocycles. The largest absolute Gasteiger partial charge is 0.452 e. The maximum Gasteiger partial charge on any atom is 0.414 e. The smallest absolute Gasteiger partial charge is 0.414 e. The van der Waals surface area contributed by atoms with Crippen LogP contribution in [0.1, 0.15) is 17.5 Å². The van der Waals surface area contributed by atoms with Crippen molar-refractivity contribution in [1.29, 1.82) is 0 Å². The maximum absolute atomic E-state index is 12.5. The molecule has 25 heavy (non-hydrogen) atoms. The van der Waals surface area contributed by atoms with E-state index in [1.54, 1.807) is 47.4 Å². The van der Waals surface area contributed by atoms with Gasteiger partial charge in [-0.25, -0.2) is 13.2 Å². The summed E-state index contributed by atoms with van der Waals surface area (Å²) in [6.45, 7) is 2.49. The molecule has 6 nitrogen and oxygen atoms in total. The van der Waals surface area contributed by atoms with E-state index in [0.717, 1.165) is 29.7 Å². The van der Waals surface area contributed by atoms with Gasteiger partial charge in [0.25, 0.3) is 10.0 Å². The quantitative estimate of drug-likeness (QED) is 0.911. The second-order valence-corrected chi connectivity index (χ2v) is 7.67. The number of sulfonamides is 1. The van der Waals surface area contributed by atoms with Gasteiger partial charge in [-0.1, -0.05) is 17.7 Å². The van der Waals surface area contributed by atoms with Crippen LogP contribution < -0.4 is 9.62 Å². The highest BCUT2D eigenvalue weighted by atomic mass is 32.2. The summed E-state index contributed by atoms with van der Waals surface area (Å²) < 4.78 is 32.4. The van der Waals surface area contributed by atoms with E-state index in [1.807, 2.05) is 6.92 Å². The highest BCUT2D eigenvalue weighted by Crippen LogP contribution is 2.31. The van der Waals surface area contributed by atoms with Crippen LogP contribution >= 0.6 is 0 Å². The van der Waals surface area contributed by atoms with Gasteiger partial charge in [-0.2, -0.15) is 0 Å². The predicted octanol–water partition coefficient (Wildman–Crippen LogP) is 3.31. The van der Waals surface area contributed by atoms with Crippen molar-refractivity contribution in [2.75, 3.05) is 23.3 Å². The van der Waals surface area contributed by atoms with Crippen LogP contribution in [0.2, 0.25) is 0 Å². The van der Waals surface area contributed by atoms with E-state index in [9.17, 15) is 13.2 Å². The van der Waals surface area contributed by atoms with Crippen molar-refractivity contribution in [3.8, 4) is 0 Å². The average molecular weight is 360 g/mol. The number of nitrogens with one attached hydrogen (secondary N) is 1. The Morgan fingerprint density at radius 2 is 1.88 bits per heavy atom. The van der Waals surface area contributed by atoms with E-state index < -0.39 is 16.1 Å². The third kappa shape index (κ3) is 3.61. The molecule has 0 aromatic heterocycles. The molecule has 0 unspecified atom stereocenters. The standard InChI is InChI=1S/C18H20N2O4S/c1-13-5-8-16(9-6-13)25(22,23)19-15-7-10-17-14(12-15)4-3-11-20(17)18(21)24-2/h5-10,12,19H,3-4,11H2,1-2H3. The summed E-state index contributed by atoms with van der Waals surface area (Å²) in [6.07, 6.45) is 1.17. The zero-order chi connectivity index (χ0) is 18.0. The second-order valence-electron chi connectivity index (χ2n) is 5.99. The monoisotopic (exact) mass is 360 g/mol. The van der Waals surface area contributed by atoms with Crippen molar-refractivity contribution in [2.24, 2.45) is 0 Å². The fraction of sp³-hybridized carbons (Fsp3) is 0.278. The van der Waals surface area contributed by atoms with Gasteiger partial charge < -0.3 is 4.74 Å². The minimum atomic E-state index is -3.65. The number of anilines is 2. The van der Waals surface area contributed by atoms with Crippen molar-refractivity contribution in [3.05, 3.63) is 53.6 Å². The van der Waals surface area contributed by atoms with Crippen LogP contribution in [0.25, 0.3) is 0 Å². The third-order valence-electron chi connectivity index (χ3n) is 4.18. The van der Waals surface area contributed by atoms with Crippen molar-refractivity contribution in [3.63, 3.8) is 0 Å². The summed E-state index contributed by atoms with van der Waals surface area (Å²) in [6, 6.07) is 11.9. The van der Waals surface area contributed by atoms with E-state index in [0.29, 0.717) is 12.2 Å². The van der Waals surface area contributed by atoms with Crippen molar-refractivity contribution in [2.45, 2.75) is 24.7 Å². The van der Waals surface area contributed by atoms with Gasteiger partial charge >= 0.3 is 6.09 Å².